The second kappa shape index (κ2) is 7.43. The van der Waals surface area contributed by atoms with Crippen LogP contribution in [0.3, 0.4) is 0 Å². The van der Waals surface area contributed by atoms with Gasteiger partial charge in [-0.05, 0) is 84.5 Å². The van der Waals surface area contributed by atoms with E-state index in [9.17, 15) is 14.7 Å². The van der Waals surface area contributed by atoms with Crippen molar-refractivity contribution in [3.8, 4) is 16.9 Å². The van der Waals surface area contributed by atoms with Gasteiger partial charge in [0.15, 0.2) is 0 Å². The molecule has 5 rings (SSSR count). The van der Waals surface area contributed by atoms with Gasteiger partial charge in [-0.25, -0.2) is 0 Å². The summed E-state index contributed by atoms with van der Waals surface area (Å²) in [6, 6.07) is 16.4. The van der Waals surface area contributed by atoms with Crippen molar-refractivity contribution in [2.24, 2.45) is 0 Å². The average molecular weight is 433 g/mol. The minimum Gasteiger partial charge on any atom is -0.506 e. The molecule has 0 unspecified atom stereocenters. The second-order valence-electron chi connectivity index (χ2n) is 8.17. The van der Waals surface area contributed by atoms with Gasteiger partial charge < -0.3 is 15.3 Å². The molecule has 1 fully saturated rings. The number of aromatic hydroxyl groups is 1. The second-order valence-corrected chi connectivity index (χ2v) is 8.61. The van der Waals surface area contributed by atoms with E-state index in [-0.39, 0.29) is 17.6 Å². The molecule has 3 aromatic carbocycles. The number of benzene rings is 3. The molecule has 2 aliphatic rings. The van der Waals surface area contributed by atoms with Crippen LogP contribution in [0.2, 0.25) is 5.02 Å². The SMILES string of the molecule is Cc1ccc(C(=O)NC2CC2)cc1-c1ccc2c(c1)CN(c1cc(Cl)ccc1O)C2=O. The van der Waals surface area contributed by atoms with E-state index in [0.717, 1.165) is 35.1 Å². The highest BCUT2D eigenvalue weighted by Gasteiger charge is 2.30. The Hall–Kier alpha value is -3.31. The van der Waals surface area contributed by atoms with Gasteiger partial charge in [0.1, 0.15) is 5.75 Å². The van der Waals surface area contributed by atoms with Crippen molar-refractivity contribution in [1.29, 1.82) is 0 Å². The number of fused-ring (bicyclic) bond motifs is 1. The zero-order valence-corrected chi connectivity index (χ0v) is 17.7. The molecule has 2 N–H and O–H groups in total. The lowest BCUT2D eigenvalue weighted by Gasteiger charge is -2.17. The summed E-state index contributed by atoms with van der Waals surface area (Å²) in [6.45, 7) is 2.35. The molecule has 31 heavy (non-hydrogen) atoms. The Morgan fingerprint density at radius 3 is 2.65 bits per heavy atom. The monoisotopic (exact) mass is 432 g/mol. The molecule has 0 bridgehead atoms. The number of nitrogens with zero attached hydrogens (tertiary/aromatic N) is 1. The number of phenols is 1. The molecule has 0 spiro atoms. The van der Waals surface area contributed by atoms with E-state index in [2.05, 4.69) is 5.32 Å². The fourth-order valence-corrected chi connectivity index (χ4v) is 4.13. The number of hydrogen-bond donors (Lipinski definition) is 2. The van der Waals surface area contributed by atoms with Crippen molar-refractivity contribution < 1.29 is 14.7 Å². The van der Waals surface area contributed by atoms with Gasteiger partial charge in [0.05, 0.1) is 12.2 Å². The average Bonchev–Trinajstić information content (AvgIpc) is 3.51. The van der Waals surface area contributed by atoms with Crippen LogP contribution in [-0.2, 0) is 6.54 Å². The number of rotatable bonds is 4. The van der Waals surface area contributed by atoms with Crippen molar-refractivity contribution in [2.75, 3.05) is 4.90 Å². The molecule has 5 nitrogen and oxygen atoms in total. The van der Waals surface area contributed by atoms with Crippen LogP contribution in [0.15, 0.2) is 54.6 Å². The summed E-state index contributed by atoms with van der Waals surface area (Å²) >= 11 is 6.07. The predicted octanol–water partition coefficient (Wildman–Crippen LogP) is 5.07. The number of carbonyl (C=O) groups excluding carboxylic acids is 2. The number of nitrogens with one attached hydrogen (secondary N) is 1. The third kappa shape index (κ3) is 3.66. The van der Waals surface area contributed by atoms with Crippen LogP contribution in [0.4, 0.5) is 5.69 Å². The summed E-state index contributed by atoms with van der Waals surface area (Å²) in [6.07, 6.45) is 2.09. The maximum absolute atomic E-state index is 12.9. The predicted molar refractivity (Wildman–Crippen MR) is 121 cm³/mol. The molecule has 1 heterocycles. The normalized spacial score (nSPS) is 15.2. The first-order valence-electron chi connectivity index (χ1n) is 10.3. The van der Waals surface area contributed by atoms with Crippen LogP contribution >= 0.6 is 11.6 Å². The van der Waals surface area contributed by atoms with E-state index < -0.39 is 0 Å². The third-order valence-corrected chi connectivity index (χ3v) is 6.10. The number of halogens is 1. The van der Waals surface area contributed by atoms with Crippen LogP contribution in [-0.4, -0.2) is 23.0 Å². The first-order valence-corrected chi connectivity index (χ1v) is 10.6. The summed E-state index contributed by atoms with van der Waals surface area (Å²) in [7, 11) is 0. The molecule has 1 aliphatic carbocycles. The van der Waals surface area contributed by atoms with Gasteiger partial charge in [-0.15, -0.1) is 0 Å². The van der Waals surface area contributed by atoms with E-state index in [1.165, 1.54) is 11.0 Å². The molecule has 3 aromatic rings. The summed E-state index contributed by atoms with van der Waals surface area (Å²) < 4.78 is 0. The summed E-state index contributed by atoms with van der Waals surface area (Å²) in [5, 5.41) is 13.7. The van der Waals surface area contributed by atoms with Gasteiger partial charge in [0, 0.05) is 22.2 Å². The standard InChI is InChI=1S/C25H21ClN2O3/c1-14-2-3-16(24(30)27-19-6-7-19)11-21(14)15-4-8-20-17(10-15)13-28(25(20)31)22-12-18(26)5-9-23(22)29/h2-5,8-12,19,29H,6-7,13H2,1H3,(H,27,30). The number of carbonyl (C=O) groups is 2. The largest absolute Gasteiger partial charge is 0.506 e. The Morgan fingerprint density at radius 1 is 1.06 bits per heavy atom. The van der Waals surface area contributed by atoms with E-state index in [4.69, 9.17) is 11.6 Å². The minimum absolute atomic E-state index is 0.0102. The van der Waals surface area contributed by atoms with Crippen molar-refractivity contribution >= 4 is 29.1 Å². The van der Waals surface area contributed by atoms with Crippen molar-refractivity contribution in [1.82, 2.24) is 5.32 Å². The highest BCUT2D eigenvalue weighted by molar-refractivity contribution is 6.31. The van der Waals surface area contributed by atoms with E-state index in [1.807, 2.05) is 43.3 Å². The van der Waals surface area contributed by atoms with E-state index in [0.29, 0.717) is 34.4 Å². The maximum Gasteiger partial charge on any atom is 0.259 e. The fourth-order valence-electron chi connectivity index (χ4n) is 3.97. The molecule has 2 amide bonds. The molecule has 0 aromatic heterocycles. The molecular weight excluding hydrogens is 412 g/mol. The molecule has 1 saturated carbocycles. The molecule has 6 heteroatoms. The molecule has 156 valence electrons. The van der Waals surface area contributed by atoms with Crippen molar-refractivity contribution in [3.63, 3.8) is 0 Å². The lowest BCUT2D eigenvalue weighted by Crippen LogP contribution is -2.25. The van der Waals surface area contributed by atoms with E-state index in [1.54, 1.807) is 12.1 Å². The van der Waals surface area contributed by atoms with Crippen LogP contribution in [0.25, 0.3) is 11.1 Å². The minimum atomic E-state index is -0.173. The van der Waals surface area contributed by atoms with Crippen molar-refractivity contribution in [2.45, 2.75) is 32.4 Å². The number of anilines is 1. The summed E-state index contributed by atoms with van der Waals surface area (Å²) in [5.74, 6) is -0.216. The zero-order chi connectivity index (χ0) is 21.7. The summed E-state index contributed by atoms with van der Waals surface area (Å²) in [5.41, 5.74) is 5.46. The highest BCUT2D eigenvalue weighted by atomic mass is 35.5. The Kier molecular flexibility index (Phi) is 4.71. The molecular formula is C25H21ClN2O3. The maximum atomic E-state index is 12.9. The van der Waals surface area contributed by atoms with E-state index >= 15 is 0 Å². The smallest absolute Gasteiger partial charge is 0.259 e. The lowest BCUT2D eigenvalue weighted by molar-refractivity contribution is 0.0949. The quantitative estimate of drug-likeness (QED) is 0.604. The Balaban J connectivity index is 1.48. The number of hydrogen-bond acceptors (Lipinski definition) is 3. The fraction of sp³-hybridized carbons (Fsp3) is 0.200. The Labute approximate surface area is 185 Å². The molecule has 0 saturated heterocycles. The first-order chi connectivity index (χ1) is 14.9. The number of amides is 2. The first kappa shape index (κ1) is 19.6. The zero-order valence-electron chi connectivity index (χ0n) is 17.0. The van der Waals surface area contributed by atoms with Crippen LogP contribution in [0.5, 0.6) is 5.75 Å². The molecule has 0 atom stereocenters. The van der Waals surface area contributed by atoms with Gasteiger partial charge in [0.2, 0.25) is 0 Å². The third-order valence-electron chi connectivity index (χ3n) is 5.86. The van der Waals surface area contributed by atoms with Crippen molar-refractivity contribution in [3.05, 3.63) is 81.9 Å². The highest BCUT2D eigenvalue weighted by Crippen LogP contribution is 2.37. The molecule has 1 aliphatic heterocycles. The van der Waals surface area contributed by atoms with Gasteiger partial charge in [-0.2, -0.15) is 0 Å². The van der Waals surface area contributed by atoms with Gasteiger partial charge >= 0.3 is 0 Å². The van der Waals surface area contributed by atoms with Crippen LogP contribution in [0.1, 0.15) is 44.7 Å². The number of phenolic OH excluding ortho intramolecular Hbond substituents is 1. The molecule has 0 radical (unpaired) electrons. The number of aryl methyl sites for hydroxylation is 1. The summed E-state index contributed by atoms with van der Waals surface area (Å²) in [4.78, 5) is 27.0. The van der Waals surface area contributed by atoms with Gasteiger partial charge in [-0.1, -0.05) is 23.7 Å². The van der Waals surface area contributed by atoms with Gasteiger partial charge in [0.25, 0.3) is 11.8 Å². The van der Waals surface area contributed by atoms with Crippen LogP contribution in [0, 0.1) is 6.92 Å². The van der Waals surface area contributed by atoms with Crippen LogP contribution < -0.4 is 10.2 Å². The van der Waals surface area contributed by atoms with Gasteiger partial charge in [-0.3, -0.25) is 9.59 Å². The lowest BCUT2D eigenvalue weighted by atomic mass is 9.95. The topological polar surface area (TPSA) is 69.6 Å². The Morgan fingerprint density at radius 2 is 1.87 bits per heavy atom. The Bertz CT molecular complexity index is 1230.